The quantitative estimate of drug-likeness (QED) is 0.791. The number of anilines is 1. The Labute approximate surface area is 118 Å². The number of hydrogen-bond acceptors (Lipinski definition) is 4. The minimum Gasteiger partial charge on any atom is -0.481 e. The Kier molecular flexibility index (Phi) is 4.50. The summed E-state index contributed by atoms with van der Waals surface area (Å²) in [5, 5.41) is 12.8. The van der Waals surface area contributed by atoms with Gasteiger partial charge in [0.25, 0.3) is 0 Å². The second-order valence-corrected chi connectivity index (χ2v) is 5.03. The molecule has 0 amide bonds. The van der Waals surface area contributed by atoms with E-state index in [9.17, 15) is 4.79 Å². The highest BCUT2D eigenvalue weighted by Crippen LogP contribution is 2.22. The molecular weight excluding hydrogens is 254 g/mol. The predicted molar refractivity (Wildman–Crippen MR) is 79.0 cm³/mol. The summed E-state index contributed by atoms with van der Waals surface area (Å²) < 4.78 is 0. The SMILES string of the molecule is CC(C)c1nc(NCCCC(=O)O)c2ccccc2n1. The number of aliphatic carboxylic acids is 1. The molecule has 0 unspecified atom stereocenters. The zero-order valence-corrected chi connectivity index (χ0v) is 11.8. The lowest BCUT2D eigenvalue weighted by atomic mass is 10.1. The van der Waals surface area contributed by atoms with E-state index in [4.69, 9.17) is 5.11 Å². The number of carbonyl (C=O) groups is 1. The van der Waals surface area contributed by atoms with Gasteiger partial charge in [-0.2, -0.15) is 0 Å². The fourth-order valence-electron chi connectivity index (χ4n) is 1.93. The minimum atomic E-state index is -0.776. The zero-order chi connectivity index (χ0) is 14.5. The van der Waals surface area contributed by atoms with Crippen LogP contribution in [0.1, 0.15) is 38.4 Å². The van der Waals surface area contributed by atoms with E-state index in [1.807, 2.05) is 24.3 Å². The molecule has 0 saturated carbocycles. The Bertz CT molecular complexity index is 611. The average Bonchev–Trinajstić information content (AvgIpc) is 2.42. The van der Waals surface area contributed by atoms with Crippen LogP contribution in [0.2, 0.25) is 0 Å². The van der Waals surface area contributed by atoms with Crippen molar-refractivity contribution in [1.29, 1.82) is 0 Å². The highest BCUT2D eigenvalue weighted by molar-refractivity contribution is 5.89. The van der Waals surface area contributed by atoms with Crippen molar-refractivity contribution in [2.45, 2.75) is 32.6 Å². The number of carboxylic acids is 1. The molecule has 0 saturated heterocycles. The molecule has 0 spiro atoms. The summed E-state index contributed by atoms with van der Waals surface area (Å²) in [4.78, 5) is 19.6. The molecule has 2 rings (SSSR count). The van der Waals surface area contributed by atoms with Crippen LogP contribution < -0.4 is 5.32 Å². The number of nitrogens with one attached hydrogen (secondary N) is 1. The van der Waals surface area contributed by atoms with Crippen LogP contribution in [0.25, 0.3) is 10.9 Å². The molecule has 0 aliphatic carbocycles. The lowest BCUT2D eigenvalue weighted by Crippen LogP contribution is -2.09. The lowest BCUT2D eigenvalue weighted by molar-refractivity contribution is -0.137. The van der Waals surface area contributed by atoms with Gasteiger partial charge in [-0.05, 0) is 18.6 Å². The number of nitrogens with zero attached hydrogens (tertiary/aromatic N) is 2. The Morgan fingerprint density at radius 3 is 2.75 bits per heavy atom. The maximum absolute atomic E-state index is 10.5. The summed E-state index contributed by atoms with van der Waals surface area (Å²) >= 11 is 0. The molecule has 1 heterocycles. The van der Waals surface area contributed by atoms with E-state index >= 15 is 0 Å². The number of para-hydroxylation sites is 1. The van der Waals surface area contributed by atoms with E-state index in [1.54, 1.807) is 0 Å². The summed E-state index contributed by atoms with van der Waals surface area (Å²) in [6.45, 7) is 4.70. The summed E-state index contributed by atoms with van der Waals surface area (Å²) in [5.74, 6) is 1.05. The van der Waals surface area contributed by atoms with Crippen molar-refractivity contribution in [2.75, 3.05) is 11.9 Å². The van der Waals surface area contributed by atoms with Gasteiger partial charge in [-0.3, -0.25) is 4.79 Å². The van der Waals surface area contributed by atoms with Crippen LogP contribution in [0.5, 0.6) is 0 Å². The molecule has 20 heavy (non-hydrogen) atoms. The van der Waals surface area contributed by atoms with Crippen LogP contribution in [0.4, 0.5) is 5.82 Å². The van der Waals surface area contributed by atoms with Crippen LogP contribution >= 0.6 is 0 Å². The van der Waals surface area contributed by atoms with Gasteiger partial charge in [-0.1, -0.05) is 26.0 Å². The number of aromatic nitrogens is 2. The van der Waals surface area contributed by atoms with Crippen LogP contribution in [-0.2, 0) is 4.79 Å². The molecule has 2 aromatic rings. The summed E-state index contributed by atoms with van der Waals surface area (Å²) in [5.41, 5.74) is 0.909. The van der Waals surface area contributed by atoms with Crippen molar-refractivity contribution in [2.24, 2.45) is 0 Å². The van der Waals surface area contributed by atoms with Gasteiger partial charge in [0.2, 0.25) is 0 Å². The molecule has 0 atom stereocenters. The van der Waals surface area contributed by atoms with Gasteiger partial charge >= 0.3 is 5.97 Å². The monoisotopic (exact) mass is 273 g/mol. The number of rotatable bonds is 6. The largest absolute Gasteiger partial charge is 0.481 e. The van der Waals surface area contributed by atoms with E-state index in [0.29, 0.717) is 13.0 Å². The predicted octanol–water partition coefficient (Wildman–Crippen LogP) is 3.03. The van der Waals surface area contributed by atoms with Crippen molar-refractivity contribution >= 4 is 22.7 Å². The van der Waals surface area contributed by atoms with Crippen molar-refractivity contribution in [1.82, 2.24) is 9.97 Å². The molecule has 1 aromatic heterocycles. The van der Waals surface area contributed by atoms with E-state index in [2.05, 4.69) is 29.1 Å². The number of fused-ring (bicyclic) bond motifs is 1. The fraction of sp³-hybridized carbons (Fsp3) is 0.400. The van der Waals surface area contributed by atoms with Crippen LogP contribution in [0, 0.1) is 0 Å². The Hall–Kier alpha value is -2.17. The second kappa shape index (κ2) is 6.32. The molecule has 2 N–H and O–H groups in total. The third kappa shape index (κ3) is 3.44. The maximum atomic E-state index is 10.5. The molecule has 0 aliphatic rings. The first kappa shape index (κ1) is 14.2. The van der Waals surface area contributed by atoms with Gasteiger partial charge in [0.05, 0.1) is 5.52 Å². The Morgan fingerprint density at radius 1 is 1.30 bits per heavy atom. The summed E-state index contributed by atoms with van der Waals surface area (Å²) in [7, 11) is 0. The summed E-state index contributed by atoms with van der Waals surface area (Å²) in [6, 6.07) is 7.83. The van der Waals surface area contributed by atoms with Gasteiger partial charge in [-0.25, -0.2) is 9.97 Å². The molecule has 106 valence electrons. The summed E-state index contributed by atoms with van der Waals surface area (Å²) in [6.07, 6.45) is 0.734. The normalized spacial score (nSPS) is 10.9. The molecule has 5 nitrogen and oxygen atoms in total. The van der Waals surface area contributed by atoms with E-state index in [0.717, 1.165) is 22.5 Å². The van der Waals surface area contributed by atoms with Crippen molar-refractivity contribution in [3.05, 3.63) is 30.1 Å². The number of benzene rings is 1. The van der Waals surface area contributed by atoms with E-state index in [-0.39, 0.29) is 12.3 Å². The first-order valence-corrected chi connectivity index (χ1v) is 6.80. The van der Waals surface area contributed by atoms with Gasteiger partial charge < -0.3 is 10.4 Å². The third-order valence-corrected chi connectivity index (χ3v) is 3.00. The van der Waals surface area contributed by atoms with E-state index in [1.165, 1.54) is 0 Å². The topological polar surface area (TPSA) is 75.1 Å². The lowest BCUT2D eigenvalue weighted by Gasteiger charge is -2.12. The van der Waals surface area contributed by atoms with Gasteiger partial charge in [0.1, 0.15) is 11.6 Å². The average molecular weight is 273 g/mol. The standard InChI is InChI=1S/C15H19N3O2/c1-10(2)14-17-12-7-4-3-6-11(12)15(18-14)16-9-5-8-13(19)20/h3-4,6-7,10H,5,8-9H2,1-2H3,(H,19,20)(H,16,17,18). The van der Waals surface area contributed by atoms with Crippen molar-refractivity contribution in [3.8, 4) is 0 Å². The molecule has 1 aromatic carbocycles. The van der Waals surface area contributed by atoms with Gasteiger partial charge in [0, 0.05) is 24.3 Å². The first-order chi connectivity index (χ1) is 9.58. The van der Waals surface area contributed by atoms with Gasteiger partial charge in [0.15, 0.2) is 0 Å². The van der Waals surface area contributed by atoms with Gasteiger partial charge in [-0.15, -0.1) is 0 Å². The Balaban J connectivity index is 2.23. The van der Waals surface area contributed by atoms with Crippen LogP contribution in [0.3, 0.4) is 0 Å². The van der Waals surface area contributed by atoms with Crippen molar-refractivity contribution in [3.63, 3.8) is 0 Å². The number of carboxylic acid groups (broad SMARTS) is 1. The smallest absolute Gasteiger partial charge is 0.303 e. The van der Waals surface area contributed by atoms with Crippen LogP contribution in [0.15, 0.2) is 24.3 Å². The molecule has 0 fully saturated rings. The van der Waals surface area contributed by atoms with E-state index < -0.39 is 5.97 Å². The minimum absolute atomic E-state index is 0.160. The zero-order valence-electron chi connectivity index (χ0n) is 11.8. The molecule has 0 aliphatic heterocycles. The highest BCUT2D eigenvalue weighted by atomic mass is 16.4. The molecule has 0 bridgehead atoms. The van der Waals surface area contributed by atoms with Crippen molar-refractivity contribution < 1.29 is 9.90 Å². The maximum Gasteiger partial charge on any atom is 0.303 e. The molecule has 0 radical (unpaired) electrons. The third-order valence-electron chi connectivity index (χ3n) is 3.00. The first-order valence-electron chi connectivity index (χ1n) is 6.80. The molecule has 5 heteroatoms. The second-order valence-electron chi connectivity index (χ2n) is 5.03. The fourth-order valence-corrected chi connectivity index (χ4v) is 1.93. The number of hydrogen-bond donors (Lipinski definition) is 2. The highest BCUT2D eigenvalue weighted by Gasteiger charge is 2.09. The van der Waals surface area contributed by atoms with Crippen LogP contribution in [-0.4, -0.2) is 27.6 Å². The Morgan fingerprint density at radius 2 is 2.05 bits per heavy atom. The molecular formula is C15H19N3O2.